The minimum atomic E-state index is -0.286. The van der Waals surface area contributed by atoms with Gasteiger partial charge in [-0.05, 0) is 44.0 Å². The number of rotatable bonds is 4. The summed E-state index contributed by atoms with van der Waals surface area (Å²) >= 11 is 12.5. The van der Waals surface area contributed by atoms with E-state index < -0.39 is 0 Å². The van der Waals surface area contributed by atoms with Crippen LogP contribution in [0.2, 0.25) is 10.0 Å². The second-order valence-electron chi connectivity index (χ2n) is 8.96. The highest BCUT2D eigenvalue weighted by Gasteiger charge is 2.29. The Kier molecular flexibility index (Phi) is 8.85. The number of nitriles is 1. The minimum absolute atomic E-state index is 0.0635. The highest BCUT2D eigenvalue weighted by Crippen LogP contribution is 2.31. The Labute approximate surface area is 227 Å². The summed E-state index contributed by atoms with van der Waals surface area (Å²) in [4.78, 5) is 26.3. The van der Waals surface area contributed by atoms with Crippen LogP contribution in [-0.4, -0.2) is 69.3 Å². The number of nitrogens with zero attached hydrogens (tertiary/aromatic N) is 7. The molecule has 2 aliphatic rings. The van der Waals surface area contributed by atoms with E-state index in [1.54, 1.807) is 23.0 Å². The standard InChI is InChI=1S/C24H26Cl2N8O.C2H6/c1-15(17-6-5-16(25)12-18(17)26)34-23-22(20(13-27)31-34)29-14-21(30-23)32-8-10-33(11-9-32)24(35)19-4-2-3-7-28-19;1-2/h5-6,12,14-15,19,28H,2-4,7-11H2,1H3;1-2H3. The van der Waals surface area contributed by atoms with E-state index in [9.17, 15) is 10.1 Å². The molecule has 2 unspecified atom stereocenters. The zero-order valence-electron chi connectivity index (χ0n) is 21.4. The molecule has 1 N–H and O–H groups in total. The average molecular weight is 544 g/mol. The molecule has 0 saturated carbocycles. The Bertz CT molecular complexity index is 1290. The fourth-order valence-electron chi connectivity index (χ4n) is 4.81. The molecule has 0 radical (unpaired) electrons. The molecule has 0 spiro atoms. The third-order valence-corrected chi connectivity index (χ3v) is 7.36. The van der Waals surface area contributed by atoms with E-state index >= 15 is 0 Å². The summed E-state index contributed by atoms with van der Waals surface area (Å²) in [7, 11) is 0. The summed E-state index contributed by atoms with van der Waals surface area (Å²) in [5.41, 5.74) is 2.00. The molecule has 196 valence electrons. The maximum atomic E-state index is 12.9. The molecule has 2 aliphatic heterocycles. The number of fused-ring (bicyclic) bond motifs is 1. The number of piperazine rings is 1. The van der Waals surface area contributed by atoms with Gasteiger partial charge in [-0.1, -0.05) is 49.5 Å². The normalized spacial score (nSPS) is 18.6. The van der Waals surface area contributed by atoms with Gasteiger partial charge in [0.25, 0.3) is 0 Å². The van der Waals surface area contributed by atoms with Gasteiger partial charge in [-0.15, -0.1) is 0 Å². The van der Waals surface area contributed by atoms with Crippen LogP contribution in [0.1, 0.15) is 57.3 Å². The molecule has 2 aromatic heterocycles. The SMILES string of the molecule is CC.CC(c1ccc(Cl)cc1Cl)n1nc(C#N)c2ncc(N3CCN(C(=O)C4CCCCN4)CC3)nc21. The number of piperidine rings is 1. The molecule has 4 heterocycles. The lowest BCUT2D eigenvalue weighted by atomic mass is 10.0. The first-order valence-electron chi connectivity index (χ1n) is 12.8. The van der Waals surface area contributed by atoms with Crippen molar-refractivity contribution in [3.8, 4) is 6.07 Å². The number of amides is 1. The number of carbonyl (C=O) groups is 1. The number of benzene rings is 1. The van der Waals surface area contributed by atoms with Crippen molar-refractivity contribution < 1.29 is 4.79 Å². The third kappa shape index (κ3) is 5.66. The lowest BCUT2D eigenvalue weighted by molar-refractivity contribution is -0.134. The maximum absolute atomic E-state index is 12.9. The van der Waals surface area contributed by atoms with Crippen LogP contribution in [0.5, 0.6) is 0 Å². The highest BCUT2D eigenvalue weighted by atomic mass is 35.5. The average Bonchev–Trinajstić information content (AvgIpc) is 3.32. The van der Waals surface area contributed by atoms with Crippen molar-refractivity contribution >= 4 is 46.1 Å². The van der Waals surface area contributed by atoms with E-state index in [0.29, 0.717) is 53.2 Å². The van der Waals surface area contributed by atoms with E-state index in [0.717, 1.165) is 31.4 Å². The lowest BCUT2D eigenvalue weighted by Crippen LogP contribution is -2.55. The molecule has 11 heteroatoms. The zero-order chi connectivity index (χ0) is 26.5. The molecule has 2 atom stereocenters. The quantitative estimate of drug-likeness (QED) is 0.519. The summed E-state index contributed by atoms with van der Waals surface area (Å²) in [6.45, 7) is 9.45. The van der Waals surface area contributed by atoms with E-state index in [1.807, 2.05) is 31.7 Å². The van der Waals surface area contributed by atoms with Crippen molar-refractivity contribution in [2.45, 2.75) is 52.1 Å². The summed E-state index contributed by atoms with van der Waals surface area (Å²) in [5.74, 6) is 0.886. The van der Waals surface area contributed by atoms with Crippen molar-refractivity contribution in [1.82, 2.24) is 30.0 Å². The van der Waals surface area contributed by atoms with Crippen molar-refractivity contribution in [1.29, 1.82) is 5.26 Å². The Hall–Kier alpha value is -2.93. The van der Waals surface area contributed by atoms with Gasteiger partial charge >= 0.3 is 0 Å². The Balaban J connectivity index is 0.00000156. The topological polar surface area (TPSA) is 103 Å². The van der Waals surface area contributed by atoms with Crippen LogP contribution in [0.4, 0.5) is 5.82 Å². The van der Waals surface area contributed by atoms with E-state index in [2.05, 4.69) is 26.4 Å². The highest BCUT2D eigenvalue weighted by molar-refractivity contribution is 6.35. The Morgan fingerprint density at radius 1 is 1.19 bits per heavy atom. The number of halogens is 2. The van der Waals surface area contributed by atoms with Gasteiger partial charge in [0.05, 0.1) is 18.3 Å². The van der Waals surface area contributed by atoms with Crippen LogP contribution in [0.3, 0.4) is 0 Å². The van der Waals surface area contributed by atoms with E-state index in [4.69, 9.17) is 28.2 Å². The third-order valence-electron chi connectivity index (χ3n) is 6.80. The molecule has 9 nitrogen and oxygen atoms in total. The molecule has 1 amide bonds. The number of anilines is 1. The van der Waals surface area contributed by atoms with Crippen LogP contribution in [0.25, 0.3) is 11.2 Å². The zero-order valence-corrected chi connectivity index (χ0v) is 22.9. The number of hydrogen-bond donors (Lipinski definition) is 1. The summed E-state index contributed by atoms with van der Waals surface area (Å²) in [5, 5.41) is 18.5. The predicted molar refractivity (Wildman–Crippen MR) is 146 cm³/mol. The van der Waals surface area contributed by atoms with Crippen LogP contribution >= 0.6 is 23.2 Å². The van der Waals surface area contributed by atoms with Gasteiger partial charge in [0.15, 0.2) is 11.3 Å². The van der Waals surface area contributed by atoms with Crippen molar-refractivity contribution in [3.05, 3.63) is 45.7 Å². The van der Waals surface area contributed by atoms with E-state index in [-0.39, 0.29) is 23.7 Å². The van der Waals surface area contributed by atoms with Crippen LogP contribution in [0, 0.1) is 11.3 Å². The number of hydrogen-bond acceptors (Lipinski definition) is 7. The van der Waals surface area contributed by atoms with Crippen molar-refractivity contribution in [3.63, 3.8) is 0 Å². The largest absolute Gasteiger partial charge is 0.352 e. The molecular formula is C26H32Cl2N8O. The van der Waals surface area contributed by atoms with Crippen LogP contribution in [0.15, 0.2) is 24.4 Å². The van der Waals surface area contributed by atoms with Crippen molar-refractivity contribution in [2.75, 3.05) is 37.6 Å². The van der Waals surface area contributed by atoms with Gasteiger partial charge in [-0.3, -0.25) is 4.79 Å². The summed E-state index contributed by atoms with van der Waals surface area (Å²) in [6.07, 6.45) is 4.81. The number of aromatic nitrogens is 4. The minimum Gasteiger partial charge on any atom is -0.352 e. The van der Waals surface area contributed by atoms with E-state index in [1.165, 1.54) is 0 Å². The van der Waals surface area contributed by atoms with Crippen molar-refractivity contribution in [2.24, 2.45) is 0 Å². The van der Waals surface area contributed by atoms with Crippen LogP contribution in [-0.2, 0) is 4.79 Å². The molecule has 0 bridgehead atoms. The molecule has 0 aliphatic carbocycles. The number of nitrogens with one attached hydrogen (secondary N) is 1. The van der Waals surface area contributed by atoms with Gasteiger partial charge in [0.1, 0.15) is 17.4 Å². The summed E-state index contributed by atoms with van der Waals surface area (Å²) in [6, 6.07) is 7.08. The van der Waals surface area contributed by atoms with Gasteiger partial charge < -0.3 is 15.1 Å². The molecule has 5 rings (SSSR count). The molecule has 2 fully saturated rings. The molecular weight excluding hydrogens is 511 g/mol. The van der Waals surface area contributed by atoms with Gasteiger partial charge in [-0.25, -0.2) is 14.6 Å². The van der Waals surface area contributed by atoms with Gasteiger partial charge in [-0.2, -0.15) is 10.4 Å². The second kappa shape index (κ2) is 12.1. The molecule has 37 heavy (non-hydrogen) atoms. The first-order valence-corrected chi connectivity index (χ1v) is 13.6. The Morgan fingerprint density at radius 3 is 2.59 bits per heavy atom. The van der Waals surface area contributed by atoms with Gasteiger partial charge in [0, 0.05) is 36.2 Å². The Morgan fingerprint density at radius 2 is 1.95 bits per heavy atom. The molecule has 1 aromatic carbocycles. The van der Waals surface area contributed by atoms with Crippen LogP contribution < -0.4 is 10.2 Å². The summed E-state index contributed by atoms with van der Waals surface area (Å²) < 4.78 is 1.69. The lowest BCUT2D eigenvalue weighted by Gasteiger charge is -2.37. The smallest absolute Gasteiger partial charge is 0.239 e. The second-order valence-corrected chi connectivity index (χ2v) is 9.81. The monoisotopic (exact) mass is 542 g/mol. The first kappa shape index (κ1) is 27.1. The molecule has 2 saturated heterocycles. The predicted octanol–water partition coefficient (Wildman–Crippen LogP) is 4.43. The molecule has 3 aromatic rings. The fourth-order valence-corrected chi connectivity index (χ4v) is 5.37. The number of carbonyl (C=O) groups excluding carboxylic acids is 1. The van der Waals surface area contributed by atoms with Gasteiger partial charge in [0.2, 0.25) is 5.91 Å². The maximum Gasteiger partial charge on any atom is 0.239 e. The first-order chi connectivity index (χ1) is 18.0. The fraction of sp³-hybridized carbons (Fsp3) is 0.500.